The van der Waals surface area contributed by atoms with Gasteiger partial charge in [-0.05, 0) is 25.1 Å². The molecule has 0 aliphatic rings. The molecule has 0 aliphatic heterocycles. The van der Waals surface area contributed by atoms with E-state index in [-0.39, 0.29) is 10.0 Å². The molecule has 0 saturated carbocycles. The molecule has 2 aromatic carbocycles. The highest BCUT2D eigenvalue weighted by atomic mass is 79.9. The maximum atomic E-state index is 13.7. The molecule has 2 aromatic rings. The topological polar surface area (TPSA) is 17.1 Å². The summed E-state index contributed by atoms with van der Waals surface area (Å²) in [5, 5.41) is 0. The van der Waals surface area contributed by atoms with Crippen LogP contribution < -0.4 is 0 Å². The van der Waals surface area contributed by atoms with Crippen LogP contribution in [-0.4, -0.2) is 5.78 Å². The molecular formula is C14H9BrF2O. The second kappa shape index (κ2) is 4.98. The lowest BCUT2D eigenvalue weighted by Gasteiger charge is -2.05. The van der Waals surface area contributed by atoms with Gasteiger partial charge in [-0.1, -0.05) is 39.7 Å². The van der Waals surface area contributed by atoms with E-state index in [1.165, 1.54) is 6.07 Å². The summed E-state index contributed by atoms with van der Waals surface area (Å²) in [7, 11) is 0. The largest absolute Gasteiger partial charge is 0.288 e. The van der Waals surface area contributed by atoms with Crippen LogP contribution in [0.3, 0.4) is 0 Å². The number of aryl methyl sites for hydroxylation is 1. The molecule has 2 rings (SSSR count). The van der Waals surface area contributed by atoms with E-state index in [4.69, 9.17) is 0 Å². The molecule has 0 N–H and O–H groups in total. The number of carbonyl (C=O) groups is 1. The Morgan fingerprint density at radius 3 is 2.28 bits per heavy atom. The predicted octanol–water partition coefficient (Wildman–Crippen LogP) is 4.27. The predicted molar refractivity (Wildman–Crippen MR) is 68.7 cm³/mol. The number of halogens is 3. The second-order valence-corrected chi connectivity index (χ2v) is 4.86. The summed E-state index contributed by atoms with van der Waals surface area (Å²) in [6.45, 7) is 1.81. The molecule has 0 amide bonds. The van der Waals surface area contributed by atoms with Crippen molar-refractivity contribution in [2.45, 2.75) is 6.92 Å². The van der Waals surface area contributed by atoms with Gasteiger partial charge in [-0.15, -0.1) is 0 Å². The first kappa shape index (κ1) is 12.9. The Kier molecular flexibility index (Phi) is 3.57. The lowest BCUT2D eigenvalue weighted by Crippen LogP contribution is -2.07. The third kappa shape index (κ3) is 2.48. The van der Waals surface area contributed by atoms with Crippen molar-refractivity contribution >= 4 is 21.7 Å². The standard InChI is InChI=1S/C14H9BrF2O/c1-8-3-2-4-9(5-8)14(18)13-11(16)6-10(15)7-12(13)17/h2-7H,1H3. The van der Waals surface area contributed by atoms with Crippen LogP contribution in [0.1, 0.15) is 21.5 Å². The fraction of sp³-hybridized carbons (Fsp3) is 0.0714. The van der Waals surface area contributed by atoms with Gasteiger partial charge < -0.3 is 0 Å². The van der Waals surface area contributed by atoms with Gasteiger partial charge in [0.15, 0.2) is 5.78 Å². The Bertz CT molecular complexity index is 600. The number of carbonyl (C=O) groups excluding carboxylic acids is 1. The van der Waals surface area contributed by atoms with Gasteiger partial charge in [-0.25, -0.2) is 8.78 Å². The molecular weight excluding hydrogens is 302 g/mol. The quantitative estimate of drug-likeness (QED) is 0.757. The highest BCUT2D eigenvalue weighted by molar-refractivity contribution is 9.10. The minimum Gasteiger partial charge on any atom is -0.288 e. The molecule has 0 spiro atoms. The molecule has 18 heavy (non-hydrogen) atoms. The fourth-order valence-corrected chi connectivity index (χ4v) is 2.09. The van der Waals surface area contributed by atoms with Gasteiger partial charge in [-0.3, -0.25) is 4.79 Å². The first-order valence-electron chi connectivity index (χ1n) is 5.25. The first-order valence-corrected chi connectivity index (χ1v) is 6.04. The van der Waals surface area contributed by atoms with Crippen LogP contribution in [0.4, 0.5) is 8.78 Å². The van der Waals surface area contributed by atoms with E-state index in [0.29, 0.717) is 0 Å². The Morgan fingerprint density at radius 1 is 1.11 bits per heavy atom. The van der Waals surface area contributed by atoms with Gasteiger partial charge in [0.1, 0.15) is 11.6 Å². The van der Waals surface area contributed by atoms with Crippen LogP contribution in [0, 0.1) is 18.6 Å². The molecule has 0 radical (unpaired) electrons. The zero-order valence-corrected chi connectivity index (χ0v) is 11.1. The van der Waals surface area contributed by atoms with Crippen molar-refractivity contribution in [3.63, 3.8) is 0 Å². The molecule has 0 fully saturated rings. The van der Waals surface area contributed by atoms with E-state index >= 15 is 0 Å². The number of ketones is 1. The van der Waals surface area contributed by atoms with Crippen molar-refractivity contribution in [3.8, 4) is 0 Å². The summed E-state index contributed by atoms with van der Waals surface area (Å²) >= 11 is 2.97. The van der Waals surface area contributed by atoms with Crippen LogP contribution in [0.2, 0.25) is 0 Å². The Balaban J connectivity index is 2.53. The first-order chi connectivity index (χ1) is 8.49. The summed E-state index contributed by atoms with van der Waals surface area (Å²) in [6, 6.07) is 8.78. The summed E-state index contributed by atoms with van der Waals surface area (Å²) < 4.78 is 27.6. The summed E-state index contributed by atoms with van der Waals surface area (Å²) in [6.07, 6.45) is 0. The maximum absolute atomic E-state index is 13.7. The molecule has 92 valence electrons. The van der Waals surface area contributed by atoms with Crippen molar-refractivity contribution in [2.24, 2.45) is 0 Å². The highest BCUT2D eigenvalue weighted by Gasteiger charge is 2.19. The molecule has 1 nitrogen and oxygen atoms in total. The number of hydrogen-bond donors (Lipinski definition) is 0. The minimum absolute atomic E-state index is 0.262. The molecule has 0 aliphatic carbocycles. The zero-order valence-electron chi connectivity index (χ0n) is 9.51. The normalized spacial score (nSPS) is 10.4. The van der Waals surface area contributed by atoms with Crippen LogP contribution >= 0.6 is 15.9 Å². The summed E-state index contributed by atoms with van der Waals surface area (Å²) in [4.78, 5) is 12.1. The Labute approximate surface area is 112 Å². The van der Waals surface area contributed by atoms with Crippen molar-refractivity contribution in [1.82, 2.24) is 0 Å². The van der Waals surface area contributed by atoms with E-state index < -0.39 is 23.0 Å². The van der Waals surface area contributed by atoms with Gasteiger partial charge in [0.25, 0.3) is 0 Å². The molecule has 4 heteroatoms. The van der Waals surface area contributed by atoms with E-state index in [1.807, 2.05) is 13.0 Å². The van der Waals surface area contributed by atoms with Gasteiger partial charge in [0.05, 0.1) is 5.56 Å². The van der Waals surface area contributed by atoms with E-state index in [2.05, 4.69) is 15.9 Å². The summed E-state index contributed by atoms with van der Waals surface area (Å²) in [5.41, 5.74) is 0.609. The SMILES string of the molecule is Cc1cccc(C(=O)c2c(F)cc(Br)cc2F)c1. The van der Waals surface area contributed by atoms with Crippen molar-refractivity contribution in [3.05, 3.63) is 69.2 Å². The minimum atomic E-state index is -0.867. The average Bonchev–Trinajstić information content (AvgIpc) is 2.27. The fourth-order valence-electron chi connectivity index (χ4n) is 1.69. The molecule has 0 aromatic heterocycles. The van der Waals surface area contributed by atoms with Crippen LogP contribution in [0.25, 0.3) is 0 Å². The lowest BCUT2D eigenvalue weighted by molar-refractivity contribution is 0.103. The Hall–Kier alpha value is -1.55. The molecule has 0 saturated heterocycles. The molecule has 0 unspecified atom stereocenters. The maximum Gasteiger partial charge on any atom is 0.198 e. The third-order valence-electron chi connectivity index (χ3n) is 2.51. The number of rotatable bonds is 2. The van der Waals surface area contributed by atoms with Gasteiger partial charge in [0.2, 0.25) is 0 Å². The van der Waals surface area contributed by atoms with Gasteiger partial charge in [0, 0.05) is 10.0 Å². The van der Waals surface area contributed by atoms with Gasteiger partial charge in [-0.2, -0.15) is 0 Å². The molecule has 0 atom stereocenters. The van der Waals surface area contributed by atoms with Crippen molar-refractivity contribution in [1.29, 1.82) is 0 Å². The van der Waals surface area contributed by atoms with E-state index in [1.54, 1.807) is 12.1 Å². The smallest absolute Gasteiger partial charge is 0.198 e. The van der Waals surface area contributed by atoms with Crippen LogP contribution in [0.5, 0.6) is 0 Å². The highest BCUT2D eigenvalue weighted by Crippen LogP contribution is 2.22. The third-order valence-corrected chi connectivity index (χ3v) is 2.97. The van der Waals surface area contributed by atoms with Crippen LogP contribution in [-0.2, 0) is 0 Å². The summed E-state index contributed by atoms with van der Waals surface area (Å²) in [5.74, 6) is -2.39. The molecule has 0 heterocycles. The van der Waals surface area contributed by atoms with Crippen molar-refractivity contribution in [2.75, 3.05) is 0 Å². The Morgan fingerprint density at radius 2 is 1.72 bits per heavy atom. The zero-order chi connectivity index (χ0) is 13.3. The monoisotopic (exact) mass is 310 g/mol. The van der Waals surface area contributed by atoms with Crippen molar-refractivity contribution < 1.29 is 13.6 Å². The number of hydrogen-bond acceptors (Lipinski definition) is 1. The number of benzene rings is 2. The molecule has 0 bridgehead atoms. The van der Waals surface area contributed by atoms with Crippen LogP contribution in [0.15, 0.2) is 40.9 Å². The van der Waals surface area contributed by atoms with E-state index in [0.717, 1.165) is 17.7 Å². The lowest BCUT2D eigenvalue weighted by atomic mass is 10.0. The van der Waals surface area contributed by atoms with E-state index in [9.17, 15) is 13.6 Å². The van der Waals surface area contributed by atoms with Gasteiger partial charge >= 0.3 is 0 Å². The average molecular weight is 311 g/mol. The second-order valence-electron chi connectivity index (χ2n) is 3.94.